The predicted octanol–water partition coefficient (Wildman–Crippen LogP) is 2.69. The molecule has 1 saturated carbocycles. The lowest BCUT2D eigenvalue weighted by molar-refractivity contribution is 0.144. The van der Waals surface area contributed by atoms with E-state index in [0.717, 1.165) is 32.5 Å². The van der Waals surface area contributed by atoms with Crippen LogP contribution in [0.15, 0.2) is 0 Å². The van der Waals surface area contributed by atoms with Gasteiger partial charge in [-0.15, -0.1) is 0 Å². The van der Waals surface area contributed by atoms with Gasteiger partial charge in [-0.3, -0.25) is 0 Å². The lowest BCUT2D eigenvalue weighted by atomic mass is 9.75. The van der Waals surface area contributed by atoms with Crippen LogP contribution in [0.1, 0.15) is 51.9 Å². The van der Waals surface area contributed by atoms with Crippen molar-refractivity contribution in [2.24, 2.45) is 5.41 Å². The molecule has 4 heteroatoms. The summed E-state index contributed by atoms with van der Waals surface area (Å²) < 4.78 is 0. The first-order valence-electron chi connectivity index (χ1n) is 8.20. The van der Waals surface area contributed by atoms with Crippen molar-refractivity contribution in [3.63, 3.8) is 0 Å². The number of nitrogens with one attached hydrogen (secondary N) is 1. The summed E-state index contributed by atoms with van der Waals surface area (Å²) in [5.41, 5.74) is 0.509. The SMILES string of the molecule is CN(C)C(=O)N1CCC(NCC2(C)CCCCC2)CC1. The highest BCUT2D eigenvalue weighted by Gasteiger charge is 2.29. The predicted molar refractivity (Wildman–Crippen MR) is 82.9 cm³/mol. The topological polar surface area (TPSA) is 35.6 Å². The maximum atomic E-state index is 11.9. The number of likely N-dealkylation sites (tertiary alicyclic amines) is 1. The van der Waals surface area contributed by atoms with E-state index in [1.54, 1.807) is 4.90 Å². The third kappa shape index (κ3) is 4.11. The fourth-order valence-electron chi connectivity index (χ4n) is 3.53. The second-order valence-corrected chi connectivity index (χ2v) is 7.19. The van der Waals surface area contributed by atoms with E-state index in [1.165, 1.54) is 32.1 Å². The summed E-state index contributed by atoms with van der Waals surface area (Å²) in [5.74, 6) is 0. The smallest absolute Gasteiger partial charge is 0.319 e. The zero-order chi connectivity index (χ0) is 14.6. The van der Waals surface area contributed by atoms with E-state index in [9.17, 15) is 4.79 Å². The number of carbonyl (C=O) groups excluding carboxylic acids is 1. The molecular weight excluding hydrogens is 250 g/mol. The standard InChI is InChI=1S/C16H31N3O/c1-16(9-5-4-6-10-16)13-17-14-7-11-19(12-8-14)15(20)18(2)3/h14,17H,4-13H2,1-3H3. The maximum Gasteiger partial charge on any atom is 0.319 e. The van der Waals surface area contributed by atoms with Gasteiger partial charge in [0, 0.05) is 39.8 Å². The molecule has 1 aliphatic carbocycles. The molecule has 2 rings (SSSR count). The van der Waals surface area contributed by atoms with Crippen LogP contribution in [0.3, 0.4) is 0 Å². The van der Waals surface area contributed by atoms with Gasteiger partial charge in [-0.2, -0.15) is 0 Å². The van der Waals surface area contributed by atoms with Crippen LogP contribution in [0.2, 0.25) is 0 Å². The maximum absolute atomic E-state index is 11.9. The van der Waals surface area contributed by atoms with Gasteiger partial charge in [-0.05, 0) is 31.1 Å². The molecule has 0 radical (unpaired) electrons. The Labute approximate surface area is 123 Å². The largest absolute Gasteiger partial charge is 0.331 e. The first-order valence-corrected chi connectivity index (χ1v) is 8.20. The number of piperidine rings is 1. The monoisotopic (exact) mass is 281 g/mol. The fraction of sp³-hybridized carbons (Fsp3) is 0.938. The Hall–Kier alpha value is -0.770. The molecule has 20 heavy (non-hydrogen) atoms. The summed E-state index contributed by atoms with van der Waals surface area (Å²) >= 11 is 0. The van der Waals surface area contributed by atoms with Gasteiger partial charge in [0.25, 0.3) is 0 Å². The third-order valence-electron chi connectivity index (χ3n) is 5.03. The molecule has 1 aliphatic heterocycles. The molecule has 116 valence electrons. The van der Waals surface area contributed by atoms with E-state index in [2.05, 4.69) is 12.2 Å². The van der Waals surface area contributed by atoms with E-state index >= 15 is 0 Å². The Kier molecular flexibility index (Phi) is 5.30. The lowest BCUT2D eigenvalue weighted by Gasteiger charge is -2.38. The van der Waals surface area contributed by atoms with Gasteiger partial charge in [0.05, 0.1) is 0 Å². The Morgan fingerprint density at radius 3 is 2.35 bits per heavy atom. The van der Waals surface area contributed by atoms with E-state index in [1.807, 2.05) is 19.0 Å². The van der Waals surface area contributed by atoms with Crippen molar-refractivity contribution >= 4 is 6.03 Å². The highest BCUT2D eigenvalue weighted by Crippen LogP contribution is 2.35. The summed E-state index contributed by atoms with van der Waals surface area (Å²) in [7, 11) is 3.66. The zero-order valence-electron chi connectivity index (χ0n) is 13.5. The first-order chi connectivity index (χ1) is 9.50. The van der Waals surface area contributed by atoms with Gasteiger partial charge in [-0.1, -0.05) is 26.2 Å². The number of hydrogen-bond acceptors (Lipinski definition) is 2. The van der Waals surface area contributed by atoms with Crippen molar-refractivity contribution < 1.29 is 4.79 Å². The molecule has 0 unspecified atom stereocenters. The van der Waals surface area contributed by atoms with Crippen molar-refractivity contribution in [3.05, 3.63) is 0 Å². The van der Waals surface area contributed by atoms with Gasteiger partial charge in [0.15, 0.2) is 0 Å². The van der Waals surface area contributed by atoms with Crippen LogP contribution in [-0.4, -0.2) is 55.6 Å². The van der Waals surface area contributed by atoms with Crippen LogP contribution in [-0.2, 0) is 0 Å². The Balaban J connectivity index is 1.70. The Morgan fingerprint density at radius 2 is 1.80 bits per heavy atom. The van der Waals surface area contributed by atoms with Crippen LogP contribution < -0.4 is 5.32 Å². The van der Waals surface area contributed by atoms with Crippen LogP contribution in [0.25, 0.3) is 0 Å². The molecule has 1 heterocycles. The average Bonchev–Trinajstić information content (AvgIpc) is 2.46. The van der Waals surface area contributed by atoms with E-state index in [-0.39, 0.29) is 6.03 Å². The van der Waals surface area contributed by atoms with E-state index < -0.39 is 0 Å². The molecule has 4 nitrogen and oxygen atoms in total. The van der Waals surface area contributed by atoms with Crippen molar-refractivity contribution in [2.45, 2.75) is 57.9 Å². The fourth-order valence-corrected chi connectivity index (χ4v) is 3.53. The highest BCUT2D eigenvalue weighted by atomic mass is 16.2. The normalized spacial score (nSPS) is 23.6. The molecule has 2 aliphatic rings. The molecule has 0 bridgehead atoms. The molecule has 1 saturated heterocycles. The summed E-state index contributed by atoms with van der Waals surface area (Å²) in [6, 6.07) is 0.752. The van der Waals surface area contributed by atoms with E-state index in [0.29, 0.717) is 11.5 Å². The molecule has 2 fully saturated rings. The molecule has 0 aromatic heterocycles. The molecule has 0 aromatic carbocycles. The van der Waals surface area contributed by atoms with Gasteiger partial charge in [0.2, 0.25) is 0 Å². The summed E-state index contributed by atoms with van der Waals surface area (Å²) in [5, 5.41) is 3.77. The number of nitrogens with zero attached hydrogens (tertiary/aromatic N) is 2. The van der Waals surface area contributed by atoms with Gasteiger partial charge in [0.1, 0.15) is 0 Å². The van der Waals surface area contributed by atoms with E-state index in [4.69, 9.17) is 0 Å². The Morgan fingerprint density at radius 1 is 1.20 bits per heavy atom. The molecular formula is C16H31N3O. The zero-order valence-corrected chi connectivity index (χ0v) is 13.5. The summed E-state index contributed by atoms with van der Waals surface area (Å²) in [4.78, 5) is 15.5. The number of rotatable bonds is 3. The van der Waals surface area contributed by atoms with Crippen molar-refractivity contribution in [1.82, 2.24) is 15.1 Å². The number of hydrogen-bond donors (Lipinski definition) is 1. The van der Waals surface area contributed by atoms with Gasteiger partial charge in [-0.25, -0.2) is 4.79 Å². The van der Waals surface area contributed by atoms with Gasteiger partial charge >= 0.3 is 6.03 Å². The quantitative estimate of drug-likeness (QED) is 0.863. The minimum Gasteiger partial charge on any atom is -0.331 e. The molecule has 1 N–H and O–H groups in total. The van der Waals surface area contributed by atoms with Crippen LogP contribution in [0.5, 0.6) is 0 Å². The molecule has 0 aromatic rings. The molecule has 0 spiro atoms. The summed E-state index contributed by atoms with van der Waals surface area (Å²) in [6.07, 6.45) is 9.14. The van der Waals surface area contributed by atoms with Crippen LogP contribution >= 0.6 is 0 Å². The number of urea groups is 1. The highest BCUT2D eigenvalue weighted by molar-refractivity contribution is 5.73. The van der Waals surface area contributed by atoms with Crippen molar-refractivity contribution in [2.75, 3.05) is 33.7 Å². The number of carbonyl (C=O) groups is 1. The van der Waals surface area contributed by atoms with Crippen LogP contribution in [0, 0.1) is 5.41 Å². The second kappa shape index (κ2) is 6.79. The van der Waals surface area contributed by atoms with Crippen molar-refractivity contribution in [3.8, 4) is 0 Å². The minimum absolute atomic E-state index is 0.155. The molecule has 0 atom stereocenters. The van der Waals surface area contributed by atoms with Crippen LogP contribution in [0.4, 0.5) is 4.79 Å². The first kappa shape index (κ1) is 15.6. The minimum atomic E-state index is 0.155. The second-order valence-electron chi connectivity index (χ2n) is 7.19. The van der Waals surface area contributed by atoms with Crippen molar-refractivity contribution in [1.29, 1.82) is 0 Å². The summed E-state index contributed by atoms with van der Waals surface area (Å²) in [6.45, 7) is 5.37. The number of amides is 2. The molecule has 2 amide bonds. The lowest BCUT2D eigenvalue weighted by Crippen LogP contribution is -2.49. The average molecular weight is 281 g/mol. The third-order valence-corrected chi connectivity index (χ3v) is 5.03. The Bertz CT molecular complexity index is 316. The van der Waals surface area contributed by atoms with Gasteiger partial charge < -0.3 is 15.1 Å².